The Labute approximate surface area is 96.6 Å². The fourth-order valence-electron chi connectivity index (χ4n) is 1.12. The van der Waals surface area contributed by atoms with E-state index in [0.29, 0.717) is 13.2 Å². The molecule has 0 spiro atoms. The van der Waals surface area contributed by atoms with E-state index in [4.69, 9.17) is 15.2 Å². The van der Waals surface area contributed by atoms with Crippen LogP contribution in [0.15, 0.2) is 24.3 Å². The van der Waals surface area contributed by atoms with Crippen LogP contribution in [0.4, 0.5) is 0 Å². The molecule has 2 N–H and O–H groups in total. The molecule has 0 aliphatic rings. The molecule has 0 fully saturated rings. The first-order chi connectivity index (χ1) is 7.74. The van der Waals surface area contributed by atoms with E-state index < -0.39 is 0 Å². The van der Waals surface area contributed by atoms with Crippen LogP contribution in [-0.2, 0) is 4.74 Å². The third kappa shape index (κ3) is 4.35. The number of para-hydroxylation sites is 1. The van der Waals surface area contributed by atoms with Gasteiger partial charge in [0, 0.05) is 7.11 Å². The predicted octanol–water partition coefficient (Wildman–Crippen LogP) is 1.41. The highest BCUT2D eigenvalue weighted by Gasteiger charge is 1.99. The lowest BCUT2D eigenvalue weighted by atomic mass is 10.2. The summed E-state index contributed by atoms with van der Waals surface area (Å²) in [6, 6.07) is 7.51. The molecular weight excluding hydrogens is 202 g/mol. The lowest BCUT2D eigenvalue weighted by Crippen LogP contribution is -2.11. The molecule has 1 rings (SSSR count). The average Bonchev–Trinajstić information content (AvgIpc) is 2.28. The summed E-state index contributed by atoms with van der Waals surface area (Å²) in [7, 11) is 1.64. The summed E-state index contributed by atoms with van der Waals surface area (Å²) in [5.41, 5.74) is 6.43. The maximum atomic E-state index is 5.58. The Morgan fingerprint density at radius 3 is 2.75 bits per heavy atom. The van der Waals surface area contributed by atoms with Gasteiger partial charge in [-0.2, -0.15) is 0 Å². The quantitative estimate of drug-likeness (QED) is 0.615. The Bertz CT molecular complexity index is 377. The van der Waals surface area contributed by atoms with Crippen LogP contribution in [0, 0.1) is 11.8 Å². The molecule has 0 aromatic heterocycles. The van der Waals surface area contributed by atoms with Crippen LogP contribution in [0.3, 0.4) is 0 Å². The van der Waals surface area contributed by atoms with Gasteiger partial charge in [-0.05, 0) is 19.1 Å². The van der Waals surface area contributed by atoms with E-state index in [0.717, 1.165) is 11.3 Å². The number of rotatable bonds is 4. The second kappa shape index (κ2) is 6.89. The first-order valence-electron chi connectivity index (χ1n) is 5.22. The molecule has 0 saturated heterocycles. The molecular formula is C13H17NO2. The number of nitrogens with two attached hydrogens (primary N) is 1. The van der Waals surface area contributed by atoms with Crippen LogP contribution in [0.2, 0.25) is 0 Å². The highest BCUT2D eigenvalue weighted by Crippen LogP contribution is 2.16. The van der Waals surface area contributed by atoms with Gasteiger partial charge in [-0.1, -0.05) is 24.0 Å². The molecule has 3 nitrogen and oxygen atoms in total. The molecule has 0 bridgehead atoms. The molecule has 0 heterocycles. The van der Waals surface area contributed by atoms with Gasteiger partial charge in [-0.25, -0.2) is 0 Å². The normalized spacial score (nSPS) is 11.4. The molecule has 0 saturated carbocycles. The largest absolute Gasteiger partial charge is 0.490 e. The van der Waals surface area contributed by atoms with Crippen molar-refractivity contribution in [1.82, 2.24) is 0 Å². The minimum Gasteiger partial charge on any atom is -0.490 e. The maximum absolute atomic E-state index is 5.58. The van der Waals surface area contributed by atoms with E-state index in [1.807, 2.05) is 31.2 Å². The lowest BCUT2D eigenvalue weighted by Gasteiger charge is -2.07. The predicted molar refractivity (Wildman–Crippen MR) is 64.3 cm³/mol. The van der Waals surface area contributed by atoms with Crippen molar-refractivity contribution in [3.05, 3.63) is 29.8 Å². The van der Waals surface area contributed by atoms with Gasteiger partial charge in [0.25, 0.3) is 0 Å². The average molecular weight is 219 g/mol. The standard InChI is InChI=1S/C13H17NO2/c1-11(14)7-8-12-5-3-4-6-13(12)16-10-9-15-2/h3-6,11H,9-10,14H2,1-2H3. The Morgan fingerprint density at radius 1 is 1.31 bits per heavy atom. The summed E-state index contributed by atoms with van der Waals surface area (Å²) < 4.78 is 10.5. The summed E-state index contributed by atoms with van der Waals surface area (Å²) in [5, 5.41) is 0. The van der Waals surface area contributed by atoms with Crippen LogP contribution in [0.1, 0.15) is 12.5 Å². The lowest BCUT2D eigenvalue weighted by molar-refractivity contribution is 0.146. The topological polar surface area (TPSA) is 44.5 Å². The molecule has 0 radical (unpaired) electrons. The first-order valence-corrected chi connectivity index (χ1v) is 5.22. The smallest absolute Gasteiger partial charge is 0.135 e. The van der Waals surface area contributed by atoms with Gasteiger partial charge >= 0.3 is 0 Å². The first kappa shape index (κ1) is 12.6. The zero-order valence-electron chi connectivity index (χ0n) is 9.69. The second-order valence-electron chi connectivity index (χ2n) is 3.40. The SMILES string of the molecule is COCCOc1ccccc1C#CC(C)N. The van der Waals surface area contributed by atoms with Crippen molar-refractivity contribution in [1.29, 1.82) is 0 Å². The third-order valence-electron chi connectivity index (χ3n) is 1.87. The summed E-state index contributed by atoms with van der Waals surface area (Å²) in [4.78, 5) is 0. The van der Waals surface area contributed by atoms with Crippen molar-refractivity contribution in [2.45, 2.75) is 13.0 Å². The van der Waals surface area contributed by atoms with Crippen LogP contribution >= 0.6 is 0 Å². The third-order valence-corrected chi connectivity index (χ3v) is 1.87. The fraction of sp³-hybridized carbons (Fsp3) is 0.385. The Kier molecular flexibility index (Phi) is 5.41. The maximum Gasteiger partial charge on any atom is 0.135 e. The van der Waals surface area contributed by atoms with Gasteiger partial charge in [-0.15, -0.1) is 0 Å². The number of benzene rings is 1. The molecule has 0 amide bonds. The molecule has 3 heteroatoms. The summed E-state index contributed by atoms with van der Waals surface area (Å²) >= 11 is 0. The highest BCUT2D eigenvalue weighted by molar-refractivity contribution is 5.46. The van der Waals surface area contributed by atoms with Crippen molar-refractivity contribution in [2.24, 2.45) is 5.73 Å². The highest BCUT2D eigenvalue weighted by atomic mass is 16.5. The van der Waals surface area contributed by atoms with Gasteiger partial charge in [0.1, 0.15) is 12.4 Å². The number of ether oxygens (including phenoxy) is 2. The van der Waals surface area contributed by atoms with Gasteiger partial charge in [-0.3, -0.25) is 0 Å². The Morgan fingerprint density at radius 2 is 2.06 bits per heavy atom. The molecule has 1 unspecified atom stereocenters. The zero-order chi connectivity index (χ0) is 11.8. The van der Waals surface area contributed by atoms with Crippen molar-refractivity contribution < 1.29 is 9.47 Å². The molecule has 1 aromatic rings. The van der Waals surface area contributed by atoms with E-state index >= 15 is 0 Å². The van der Waals surface area contributed by atoms with Crippen LogP contribution in [-0.4, -0.2) is 26.4 Å². The van der Waals surface area contributed by atoms with Gasteiger partial charge in [0.2, 0.25) is 0 Å². The van der Waals surface area contributed by atoms with Crippen molar-refractivity contribution in [2.75, 3.05) is 20.3 Å². The number of hydrogen-bond donors (Lipinski definition) is 1. The number of methoxy groups -OCH3 is 1. The molecule has 1 atom stereocenters. The van der Waals surface area contributed by atoms with E-state index in [9.17, 15) is 0 Å². The second-order valence-corrected chi connectivity index (χ2v) is 3.40. The van der Waals surface area contributed by atoms with E-state index in [2.05, 4.69) is 11.8 Å². The molecule has 0 aliphatic carbocycles. The van der Waals surface area contributed by atoms with E-state index in [1.54, 1.807) is 7.11 Å². The number of hydrogen-bond acceptors (Lipinski definition) is 3. The van der Waals surface area contributed by atoms with E-state index in [-0.39, 0.29) is 6.04 Å². The van der Waals surface area contributed by atoms with E-state index in [1.165, 1.54) is 0 Å². The zero-order valence-corrected chi connectivity index (χ0v) is 9.69. The van der Waals surface area contributed by atoms with Crippen LogP contribution in [0.5, 0.6) is 5.75 Å². The monoisotopic (exact) mass is 219 g/mol. The Balaban J connectivity index is 2.72. The minimum absolute atomic E-state index is 0.132. The van der Waals surface area contributed by atoms with Crippen molar-refractivity contribution >= 4 is 0 Å². The fourth-order valence-corrected chi connectivity index (χ4v) is 1.12. The minimum atomic E-state index is -0.132. The van der Waals surface area contributed by atoms with Gasteiger partial charge < -0.3 is 15.2 Å². The van der Waals surface area contributed by atoms with Crippen molar-refractivity contribution in [3.63, 3.8) is 0 Å². The molecule has 0 aliphatic heterocycles. The van der Waals surface area contributed by atoms with Gasteiger partial charge in [0.15, 0.2) is 0 Å². The van der Waals surface area contributed by atoms with Crippen molar-refractivity contribution in [3.8, 4) is 17.6 Å². The summed E-state index contributed by atoms with van der Waals surface area (Å²) in [6.45, 7) is 2.93. The van der Waals surface area contributed by atoms with Crippen LogP contribution < -0.4 is 10.5 Å². The molecule has 1 aromatic carbocycles. The van der Waals surface area contributed by atoms with Crippen LogP contribution in [0.25, 0.3) is 0 Å². The Hall–Kier alpha value is -1.50. The van der Waals surface area contributed by atoms with Gasteiger partial charge in [0.05, 0.1) is 18.2 Å². The molecule has 86 valence electrons. The summed E-state index contributed by atoms with van der Waals surface area (Å²) in [5.74, 6) is 6.68. The molecule has 16 heavy (non-hydrogen) atoms. The summed E-state index contributed by atoms with van der Waals surface area (Å²) in [6.07, 6.45) is 0.